The van der Waals surface area contributed by atoms with E-state index in [2.05, 4.69) is 9.24 Å². The second kappa shape index (κ2) is 2.80. The van der Waals surface area contributed by atoms with Gasteiger partial charge in [0.2, 0.25) is 0 Å². The Morgan fingerprint density at radius 1 is 1.12 bits per heavy atom. The molecule has 0 aromatic carbocycles. The molecule has 0 aliphatic heterocycles. The van der Waals surface area contributed by atoms with Crippen LogP contribution in [0.5, 0.6) is 0 Å². The largest absolute Gasteiger partial charge is 0.393 e. The molecule has 1 fully saturated rings. The zero-order chi connectivity index (χ0) is 5.98. The molecule has 8 heavy (non-hydrogen) atoms. The molecular weight excluding hydrogens is 119 g/mol. The van der Waals surface area contributed by atoms with E-state index in [9.17, 15) is 0 Å². The molecule has 48 valence electrons. The number of aliphatic hydroxyl groups excluding tert-OH is 1. The summed E-state index contributed by atoms with van der Waals surface area (Å²) in [4.78, 5) is 0. The summed E-state index contributed by atoms with van der Waals surface area (Å²) in [5, 5.41) is 9.02. The van der Waals surface area contributed by atoms with Gasteiger partial charge < -0.3 is 5.11 Å². The molecule has 0 saturated heterocycles. The molecule has 0 bridgehead atoms. The van der Waals surface area contributed by atoms with Gasteiger partial charge in [-0.05, 0) is 31.3 Å². The molecule has 1 N–H and O–H groups in total. The first-order valence-electron chi connectivity index (χ1n) is 3.22. The Kier molecular flexibility index (Phi) is 2.27. The maximum atomic E-state index is 9.02. The van der Waals surface area contributed by atoms with Gasteiger partial charge in [0.1, 0.15) is 0 Å². The van der Waals surface area contributed by atoms with Gasteiger partial charge in [0.05, 0.1) is 6.10 Å². The van der Waals surface area contributed by atoms with Crippen LogP contribution in [0.3, 0.4) is 0 Å². The Balaban J connectivity index is 2.19. The van der Waals surface area contributed by atoms with Crippen LogP contribution in [-0.4, -0.2) is 16.9 Å². The highest BCUT2D eigenvalue weighted by atomic mass is 31.0. The standard InChI is InChI=1S/C6H13OP/c7-5-1-3-6(8)4-2-5/h5-7H,1-4,8H2. The lowest BCUT2D eigenvalue weighted by Crippen LogP contribution is -2.17. The van der Waals surface area contributed by atoms with Crippen molar-refractivity contribution in [1.29, 1.82) is 0 Å². The van der Waals surface area contributed by atoms with E-state index in [4.69, 9.17) is 5.11 Å². The first kappa shape index (κ1) is 6.51. The van der Waals surface area contributed by atoms with Crippen molar-refractivity contribution >= 4 is 9.24 Å². The highest BCUT2D eigenvalue weighted by Crippen LogP contribution is 2.23. The van der Waals surface area contributed by atoms with Gasteiger partial charge in [-0.15, -0.1) is 9.24 Å². The Morgan fingerprint density at radius 2 is 1.62 bits per heavy atom. The monoisotopic (exact) mass is 132 g/mol. The van der Waals surface area contributed by atoms with E-state index >= 15 is 0 Å². The summed E-state index contributed by atoms with van der Waals surface area (Å²) < 4.78 is 0. The van der Waals surface area contributed by atoms with E-state index in [1.807, 2.05) is 0 Å². The van der Waals surface area contributed by atoms with Gasteiger partial charge in [-0.2, -0.15) is 0 Å². The van der Waals surface area contributed by atoms with Crippen molar-refractivity contribution in [3.8, 4) is 0 Å². The minimum Gasteiger partial charge on any atom is -0.393 e. The zero-order valence-corrected chi connectivity index (χ0v) is 6.16. The van der Waals surface area contributed by atoms with Crippen molar-refractivity contribution in [2.75, 3.05) is 0 Å². The SMILES string of the molecule is OC1CCC(P)CC1. The second-order valence-electron chi connectivity index (χ2n) is 2.57. The first-order valence-corrected chi connectivity index (χ1v) is 3.89. The van der Waals surface area contributed by atoms with Gasteiger partial charge in [0, 0.05) is 0 Å². The highest BCUT2D eigenvalue weighted by Gasteiger charge is 2.14. The van der Waals surface area contributed by atoms with Crippen LogP contribution in [0, 0.1) is 0 Å². The minimum atomic E-state index is 0.00630. The van der Waals surface area contributed by atoms with E-state index in [1.54, 1.807) is 0 Å². The van der Waals surface area contributed by atoms with Gasteiger partial charge in [0.25, 0.3) is 0 Å². The van der Waals surface area contributed by atoms with Crippen LogP contribution in [0.2, 0.25) is 0 Å². The van der Waals surface area contributed by atoms with Crippen molar-refractivity contribution in [2.45, 2.75) is 37.4 Å². The molecule has 0 aromatic heterocycles. The molecule has 1 aliphatic rings. The van der Waals surface area contributed by atoms with E-state index in [-0.39, 0.29) is 6.10 Å². The smallest absolute Gasteiger partial charge is 0.0540 e. The van der Waals surface area contributed by atoms with E-state index < -0.39 is 0 Å². The van der Waals surface area contributed by atoms with Crippen LogP contribution in [0.25, 0.3) is 0 Å². The Labute approximate surface area is 52.7 Å². The molecule has 1 atom stereocenters. The third-order valence-electron chi connectivity index (χ3n) is 1.74. The summed E-state index contributed by atoms with van der Waals surface area (Å²) in [6.07, 6.45) is 4.40. The third kappa shape index (κ3) is 1.72. The molecule has 0 heterocycles. The van der Waals surface area contributed by atoms with Crippen LogP contribution in [0.1, 0.15) is 25.7 Å². The topological polar surface area (TPSA) is 20.2 Å². The number of aliphatic hydroxyl groups is 1. The van der Waals surface area contributed by atoms with Crippen LogP contribution in [0.15, 0.2) is 0 Å². The van der Waals surface area contributed by atoms with Crippen molar-refractivity contribution in [3.05, 3.63) is 0 Å². The Bertz CT molecular complexity index is 56.9. The van der Waals surface area contributed by atoms with E-state index in [1.165, 1.54) is 12.8 Å². The summed E-state index contributed by atoms with van der Waals surface area (Å²) >= 11 is 0. The third-order valence-corrected chi connectivity index (χ3v) is 2.41. The van der Waals surface area contributed by atoms with Crippen molar-refractivity contribution < 1.29 is 5.11 Å². The average molecular weight is 132 g/mol. The lowest BCUT2D eigenvalue weighted by atomic mass is 9.97. The average Bonchev–Trinajstić information content (AvgIpc) is 1.77. The van der Waals surface area contributed by atoms with Crippen LogP contribution in [-0.2, 0) is 0 Å². The molecular formula is C6H13OP. The van der Waals surface area contributed by atoms with Crippen molar-refractivity contribution in [1.82, 2.24) is 0 Å². The fourth-order valence-corrected chi connectivity index (χ4v) is 1.49. The lowest BCUT2D eigenvalue weighted by Gasteiger charge is -2.21. The summed E-state index contributed by atoms with van der Waals surface area (Å²) in [5.74, 6) is 0. The number of rotatable bonds is 0. The Hall–Kier alpha value is 0.390. The number of hydrogen-bond acceptors (Lipinski definition) is 1. The maximum absolute atomic E-state index is 9.02. The summed E-state index contributed by atoms with van der Waals surface area (Å²) in [6, 6.07) is 0. The van der Waals surface area contributed by atoms with Gasteiger partial charge in [0.15, 0.2) is 0 Å². The van der Waals surface area contributed by atoms with Gasteiger partial charge in [-0.25, -0.2) is 0 Å². The first-order chi connectivity index (χ1) is 3.79. The summed E-state index contributed by atoms with van der Waals surface area (Å²) in [5.41, 5.74) is 0.776. The van der Waals surface area contributed by atoms with Crippen LogP contribution in [0.4, 0.5) is 0 Å². The van der Waals surface area contributed by atoms with Crippen molar-refractivity contribution in [2.24, 2.45) is 0 Å². The molecule has 0 aromatic rings. The minimum absolute atomic E-state index is 0.00630. The molecule has 0 radical (unpaired) electrons. The van der Waals surface area contributed by atoms with Gasteiger partial charge >= 0.3 is 0 Å². The quantitative estimate of drug-likeness (QED) is 0.490. The Morgan fingerprint density at radius 3 is 2.00 bits per heavy atom. The summed E-state index contributed by atoms with van der Waals surface area (Å²) in [7, 11) is 2.81. The normalized spacial score (nSPS) is 39.8. The van der Waals surface area contributed by atoms with E-state index in [0.717, 1.165) is 18.5 Å². The zero-order valence-electron chi connectivity index (χ0n) is 5.01. The summed E-state index contributed by atoms with van der Waals surface area (Å²) in [6.45, 7) is 0. The fourth-order valence-electron chi connectivity index (χ4n) is 1.10. The van der Waals surface area contributed by atoms with E-state index in [0.29, 0.717) is 0 Å². The predicted octanol–water partition coefficient (Wildman–Crippen LogP) is 1.16. The molecule has 2 heteroatoms. The molecule has 1 rings (SSSR count). The predicted molar refractivity (Wildman–Crippen MR) is 38.0 cm³/mol. The fraction of sp³-hybridized carbons (Fsp3) is 1.00. The number of hydrogen-bond donors (Lipinski definition) is 1. The van der Waals surface area contributed by atoms with Crippen LogP contribution >= 0.6 is 9.24 Å². The molecule has 1 nitrogen and oxygen atoms in total. The molecule has 0 spiro atoms. The van der Waals surface area contributed by atoms with Crippen LogP contribution < -0.4 is 0 Å². The van der Waals surface area contributed by atoms with Crippen molar-refractivity contribution in [3.63, 3.8) is 0 Å². The maximum Gasteiger partial charge on any atom is 0.0540 e. The van der Waals surface area contributed by atoms with Gasteiger partial charge in [-0.1, -0.05) is 0 Å². The molecule has 1 aliphatic carbocycles. The molecule has 1 saturated carbocycles. The molecule has 1 unspecified atom stereocenters. The van der Waals surface area contributed by atoms with Gasteiger partial charge in [-0.3, -0.25) is 0 Å². The molecule has 0 amide bonds. The highest BCUT2D eigenvalue weighted by molar-refractivity contribution is 7.17. The second-order valence-corrected chi connectivity index (χ2v) is 3.51. The lowest BCUT2D eigenvalue weighted by molar-refractivity contribution is 0.132.